The van der Waals surface area contributed by atoms with E-state index in [1.54, 1.807) is 24.1 Å². The zero-order valence-electron chi connectivity index (χ0n) is 23.7. The highest BCUT2D eigenvalue weighted by Gasteiger charge is 2.29. The summed E-state index contributed by atoms with van der Waals surface area (Å²) in [6.07, 6.45) is 6.22. The molecule has 1 saturated heterocycles. The molecular weight excluding hydrogens is 518 g/mol. The summed E-state index contributed by atoms with van der Waals surface area (Å²) < 4.78 is 11.3. The highest BCUT2D eigenvalue weighted by atomic mass is 16.5. The summed E-state index contributed by atoms with van der Waals surface area (Å²) in [6, 6.07) is 18.6. The molecule has 8 heteroatoms. The van der Waals surface area contributed by atoms with Crippen molar-refractivity contribution >= 4 is 17.6 Å². The molecule has 5 rings (SSSR count). The number of nitrogens with one attached hydrogen (secondary N) is 1. The number of ketones is 1. The molecule has 2 aliphatic rings. The molecule has 1 aliphatic carbocycles. The number of nitrogens with zero attached hydrogens (tertiary/aromatic N) is 2. The molecule has 214 valence electrons. The number of hydrogen-bond acceptors (Lipinski definition) is 6. The summed E-state index contributed by atoms with van der Waals surface area (Å²) in [4.78, 5) is 44.8. The van der Waals surface area contributed by atoms with Crippen molar-refractivity contribution < 1.29 is 23.9 Å². The molecule has 0 bridgehead atoms. The minimum atomic E-state index is -0.237. The van der Waals surface area contributed by atoms with E-state index in [2.05, 4.69) is 10.3 Å². The number of piperidine rings is 1. The molecule has 2 fully saturated rings. The van der Waals surface area contributed by atoms with E-state index in [0.29, 0.717) is 37.2 Å². The van der Waals surface area contributed by atoms with Crippen LogP contribution in [0.4, 0.5) is 0 Å². The van der Waals surface area contributed by atoms with Crippen molar-refractivity contribution in [1.29, 1.82) is 0 Å². The smallest absolute Gasteiger partial charge is 0.270 e. The number of hydrogen-bond donors (Lipinski definition) is 1. The average molecular weight is 556 g/mol. The first-order chi connectivity index (χ1) is 19.9. The van der Waals surface area contributed by atoms with E-state index in [0.717, 1.165) is 48.3 Å². The lowest BCUT2D eigenvalue weighted by molar-refractivity contribution is 0.0649. The van der Waals surface area contributed by atoms with Crippen LogP contribution in [0.1, 0.15) is 75.3 Å². The van der Waals surface area contributed by atoms with Crippen molar-refractivity contribution in [2.24, 2.45) is 5.92 Å². The van der Waals surface area contributed by atoms with Gasteiger partial charge in [-0.1, -0.05) is 29.8 Å². The number of likely N-dealkylation sites (tertiary alicyclic amines) is 1. The number of carbonyl (C=O) groups is 3. The Morgan fingerprint density at radius 3 is 2.05 bits per heavy atom. The van der Waals surface area contributed by atoms with Crippen molar-refractivity contribution in [2.75, 3.05) is 20.2 Å². The maximum Gasteiger partial charge on any atom is 0.270 e. The lowest BCUT2D eigenvalue weighted by Crippen LogP contribution is -2.40. The van der Waals surface area contributed by atoms with Gasteiger partial charge in [0.05, 0.1) is 18.8 Å². The SMILES string of the molecule is COc1ccc(OC2CCC(NC(=O)c3ccc(C(=O)N4CCC(C(=O)c5ccc(C)cc5)CC4)cn3)CC2)cc1. The normalized spacial score (nSPS) is 19.3. The molecule has 1 aliphatic heterocycles. The lowest BCUT2D eigenvalue weighted by Gasteiger charge is -2.31. The molecule has 1 saturated carbocycles. The second-order valence-corrected chi connectivity index (χ2v) is 11.0. The minimum absolute atomic E-state index is 0.0604. The summed E-state index contributed by atoms with van der Waals surface area (Å²) in [5.41, 5.74) is 2.59. The predicted molar refractivity (Wildman–Crippen MR) is 156 cm³/mol. The van der Waals surface area contributed by atoms with Crippen LogP contribution in [0.3, 0.4) is 0 Å². The molecular formula is C33H37N3O5. The molecule has 1 aromatic heterocycles. The molecule has 0 spiro atoms. The van der Waals surface area contributed by atoms with Crippen molar-refractivity contribution in [3.63, 3.8) is 0 Å². The summed E-state index contributed by atoms with van der Waals surface area (Å²) in [5, 5.41) is 3.08. The molecule has 0 unspecified atom stereocenters. The number of methoxy groups -OCH3 is 1. The van der Waals surface area contributed by atoms with Crippen LogP contribution in [0.5, 0.6) is 11.5 Å². The van der Waals surface area contributed by atoms with Gasteiger partial charge in [-0.2, -0.15) is 0 Å². The van der Waals surface area contributed by atoms with Crippen LogP contribution in [0.2, 0.25) is 0 Å². The average Bonchev–Trinajstić information content (AvgIpc) is 3.02. The number of aromatic nitrogens is 1. The van der Waals surface area contributed by atoms with Gasteiger partial charge >= 0.3 is 0 Å². The Balaban J connectivity index is 1.06. The van der Waals surface area contributed by atoms with Crippen LogP contribution in [0, 0.1) is 12.8 Å². The van der Waals surface area contributed by atoms with Crippen LogP contribution in [0.25, 0.3) is 0 Å². The number of Topliss-reactive ketones (excluding diaryl/α,β-unsaturated/α-hetero) is 1. The number of rotatable bonds is 8. The van der Waals surface area contributed by atoms with E-state index in [1.807, 2.05) is 55.5 Å². The third kappa shape index (κ3) is 7.12. The van der Waals surface area contributed by atoms with Crippen LogP contribution < -0.4 is 14.8 Å². The first-order valence-electron chi connectivity index (χ1n) is 14.4. The van der Waals surface area contributed by atoms with Gasteiger partial charge in [0.2, 0.25) is 0 Å². The van der Waals surface area contributed by atoms with Crippen LogP contribution in [-0.2, 0) is 0 Å². The Bertz CT molecular complexity index is 1340. The van der Waals surface area contributed by atoms with Gasteiger partial charge in [0.15, 0.2) is 5.78 Å². The fraction of sp³-hybridized carbons (Fsp3) is 0.394. The van der Waals surface area contributed by atoms with E-state index in [-0.39, 0.29) is 35.7 Å². The van der Waals surface area contributed by atoms with Crippen molar-refractivity contribution in [3.8, 4) is 11.5 Å². The maximum atomic E-state index is 13.1. The monoisotopic (exact) mass is 555 g/mol. The standard InChI is InChI=1S/C33H37N3O5/c1-22-3-5-23(6-4-22)31(37)24-17-19-36(20-18-24)33(39)25-7-16-30(34-21-25)32(38)35-26-8-10-28(11-9-26)41-29-14-12-27(40-2)13-15-29/h3-7,12-16,21,24,26,28H,8-11,17-20H2,1-2H3,(H,35,38). The minimum Gasteiger partial charge on any atom is -0.497 e. The first kappa shape index (κ1) is 28.3. The van der Waals surface area contributed by atoms with Crippen LogP contribution in [0.15, 0.2) is 66.9 Å². The first-order valence-corrected chi connectivity index (χ1v) is 14.4. The molecule has 3 aromatic rings. The van der Waals surface area contributed by atoms with Crippen molar-refractivity contribution in [3.05, 3.63) is 89.2 Å². The number of carbonyl (C=O) groups excluding carboxylic acids is 3. The Kier molecular flexibility index (Phi) is 8.97. The van der Waals surface area contributed by atoms with E-state index in [9.17, 15) is 14.4 Å². The largest absolute Gasteiger partial charge is 0.497 e. The number of amides is 2. The second-order valence-electron chi connectivity index (χ2n) is 11.0. The number of ether oxygens (including phenoxy) is 2. The Labute approximate surface area is 241 Å². The van der Waals surface area contributed by atoms with E-state index < -0.39 is 0 Å². The van der Waals surface area contributed by atoms with Gasteiger partial charge in [0, 0.05) is 36.8 Å². The third-order valence-electron chi connectivity index (χ3n) is 8.10. The zero-order valence-corrected chi connectivity index (χ0v) is 23.7. The fourth-order valence-electron chi connectivity index (χ4n) is 5.57. The second kappa shape index (κ2) is 13.0. The molecule has 41 heavy (non-hydrogen) atoms. The lowest BCUT2D eigenvalue weighted by atomic mass is 9.88. The predicted octanol–water partition coefficient (Wildman–Crippen LogP) is 5.25. The Hall–Kier alpha value is -4.20. The molecule has 0 atom stereocenters. The van der Waals surface area contributed by atoms with Crippen LogP contribution >= 0.6 is 0 Å². The molecule has 2 amide bonds. The summed E-state index contributed by atoms with van der Waals surface area (Å²) >= 11 is 0. The quantitative estimate of drug-likeness (QED) is 0.381. The van der Waals surface area contributed by atoms with Gasteiger partial charge in [-0.3, -0.25) is 19.4 Å². The van der Waals surface area contributed by atoms with E-state index >= 15 is 0 Å². The summed E-state index contributed by atoms with van der Waals surface area (Å²) in [6.45, 7) is 3.04. The number of pyridine rings is 1. The number of benzene rings is 2. The van der Waals surface area contributed by atoms with Gasteiger partial charge in [-0.05, 0) is 81.8 Å². The Morgan fingerprint density at radius 2 is 1.44 bits per heavy atom. The number of aryl methyl sites for hydroxylation is 1. The molecule has 1 N–H and O–H groups in total. The highest BCUT2D eigenvalue weighted by Crippen LogP contribution is 2.26. The van der Waals surface area contributed by atoms with Gasteiger partial charge < -0.3 is 19.7 Å². The molecule has 2 aromatic carbocycles. The molecule has 0 radical (unpaired) electrons. The van der Waals surface area contributed by atoms with Crippen molar-refractivity contribution in [1.82, 2.24) is 15.2 Å². The topological polar surface area (TPSA) is 97.8 Å². The maximum absolute atomic E-state index is 13.1. The summed E-state index contributed by atoms with van der Waals surface area (Å²) in [5.74, 6) is 1.32. The third-order valence-corrected chi connectivity index (χ3v) is 8.10. The molecule has 8 nitrogen and oxygen atoms in total. The van der Waals surface area contributed by atoms with Gasteiger partial charge in [-0.15, -0.1) is 0 Å². The Morgan fingerprint density at radius 1 is 0.805 bits per heavy atom. The van der Waals surface area contributed by atoms with Crippen LogP contribution in [-0.4, -0.2) is 59.8 Å². The van der Waals surface area contributed by atoms with E-state index in [4.69, 9.17) is 9.47 Å². The van der Waals surface area contributed by atoms with Gasteiger partial charge in [0.25, 0.3) is 11.8 Å². The highest BCUT2D eigenvalue weighted by molar-refractivity contribution is 5.99. The van der Waals surface area contributed by atoms with Crippen molar-refractivity contribution in [2.45, 2.75) is 57.6 Å². The molecule has 2 heterocycles. The van der Waals surface area contributed by atoms with Gasteiger partial charge in [-0.25, -0.2) is 0 Å². The zero-order chi connectivity index (χ0) is 28.8. The van der Waals surface area contributed by atoms with Gasteiger partial charge in [0.1, 0.15) is 17.2 Å². The fourth-order valence-corrected chi connectivity index (χ4v) is 5.57. The van der Waals surface area contributed by atoms with E-state index in [1.165, 1.54) is 6.20 Å². The summed E-state index contributed by atoms with van der Waals surface area (Å²) in [7, 11) is 1.64.